The predicted octanol–water partition coefficient (Wildman–Crippen LogP) is 5.17. The van der Waals surface area contributed by atoms with Gasteiger partial charge in [-0.3, -0.25) is 0 Å². The fourth-order valence-corrected chi connectivity index (χ4v) is 2.88. The van der Waals surface area contributed by atoms with Crippen LogP contribution in [0, 0.1) is 0 Å². The maximum absolute atomic E-state index is 12.6. The number of rotatable bonds is 4. The number of para-hydroxylation sites is 1. The van der Waals surface area contributed by atoms with Gasteiger partial charge in [-0.15, -0.1) is 0 Å². The molecule has 2 heterocycles. The van der Waals surface area contributed by atoms with Crippen LogP contribution < -0.4 is 5.32 Å². The maximum atomic E-state index is 12.6. The fraction of sp³-hybridized carbons (Fsp3) is 0.150. The van der Waals surface area contributed by atoms with Crippen molar-refractivity contribution in [1.29, 1.82) is 0 Å². The highest BCUT2D eigenvalue weighted by atomic mass is 19.4. The van der Waals surface area contributed by atoms with E-state index in [4.69, 9.17) is 4.52 Å². The number of fused-ring (bicyclic) bond motifs is 1. The molecule has 27 heavy (non-hydrogen) atoms. The third kappa shape index (κ3) is 3.81. The first-order valence-corrected chi connectivity index (χ1v) is 8.38. The molecule has 0 amide bonds. The molecule has 3 aromatic rings. The normalized spacial score (nSPS) is 14.9. The number of alkyl halides is 3. The van der Waals surface area contributed by atoms with Crippen LogP contribution in [0.15, 0.2) is 77.6 Å². The van der Waals surface area contributed by atoms with E-state index >= 15 is 0 Å². The highest BCUT2D eigenvalue weighted by Crippen LogP contribution is 2.29. The Hall–Kier alpha value is -3.22. The lowest BCUT2D eigenvalue weighted by Crippen LogP contribution is -2.21. The van der Waals surface area contributed by atoms with Gasteiger partial charge >= 0.3 is 6.18 Å². The van der Waals surface area contributed by atoms with Crippen LogP contribution in [0.1, 0.15) is 11.1 Å². The van der Waals surface area contributed by atoms with Crippen LogP contribution in [-0.4, -0.2) is 16.1 Å². The van der Waals surface area contributed by atoms with Crippen molar-refractivity contribution in [3.63, 3.8) is 0 Å². The number of anilines is 1. The molecule has 0 spiro atoms. The van der Waals surface area contributed by atoms with E-state index in [2.05, 4.69) is 10.5 Å². The summed E-state index contributed by atoms with van der Waals surface area (Å²) in [5.74, 6) is 0.668. The summed E-state index contributed by atoms with van der Waals surface area (Å²) < 4.78 is 43.1. The van der Waals surface area contributed by atoms with Crippen molar-refractivity contribution in [3.8, 4) is 0 Å². The monoisotopic (exact) mass is 371 g/mol. The van der Waals surface area contributed by atoms with Crippen LogP contribution in [0.5, 0.6) is 0 Å². The average Bonchev–Trinajstić information content (AvgIpc) is 3.06. The van der Waals surface area contributed by atoms with Gasteiger partial charge in [0.05, 0.1) is 17.0 Å². The number of aromatic nitrogens is 1. The second kappa shape index (κ2) is 6.83. The van der Waals surface area contributed by atoms with E-state index in [9.17, 15) is 13.2 Å². The lowest BCUT2D eigenvalue weighted by atomic mass is 10.1. The van der Waals surface area contributed by atoms with Gasteiger partial charge < -0.3 is 14.7 Å². The number of nitrogens with one attached hydrogen (secondary N) is 1. The first-order valence-electron chi connectivity index (χ1n) is 8.38. The first kappa shape index (κ1) is 17.2. The molecule has 0 aliphatic carbocycles. The van der Waals surface area contributed by atoms with Crippen molar-refractivity contribution in [1.82, 2.24) is 10.1 Å². The van der Waals surface area contributed by atoms with Crippen LogP contribution in [0.2, 0.25) is 0 Å². The second-order valence-electron chi connectivity index (χ2n) is 6.25. The molecule has 0 bridgehead atoms. The second-order valence-corrected chi connectivity index (χ2v) is 6.25. The minimum absolute atomic E-state index is 0.0534. The van der Waals surface area contributed by atoms with Crippen LogP contribution in [0.25, 0.3) is 11.0 Å². The summed E-state index contributed by atoms with van der Waals surface area (Å²) in [4.78, 5) is 1.90. The molecule has 1 N–H and O–H groups in total. The molecule has 0 unspecified atom stereocenters. The van der Waals surface area contributed by atoms with Gasteiger partial charge in [0, 0.05) is 18.9 Å². The molecular formula is C20H16F3N3O. The smallest absolute Gasteiger partial charge is 0.357 e. The van der Waals surface area contributed by atoms with E-state index in [0.717, 1.165) is 23.1 Å². The summed E-state index contributed by atoms with van der Waals surface area (Å²) >= 11 is 0. The van der Waals surface area contributed by atoms with Crippen molar-refractivity contribution < 1.29 is 17.7 Å². The molecule has 1 aliphatic rings. The van der Waals surface area contributed by atoms with Crippen molar-refractivity contribution >= 4 is 16.8 Å². The van der Waals surface area contributed by atoms with E-state index in [1.165, 1.54) is 12.1 Å². The molecular weight excluding hydrogens is 355 g/mol. The highest BCUT2D eigenvalue weighted by Gasteiger charge is 2.29. The molecule has 1 aromatic heterocycles. The molecule has 4 rings (SSSR count). The molecule has 0 saturated carbocycles. The molecule has 138 valence electrons. The van der Waals surface area contributed by atoms with Gasteiger partial charge in [0.15, 0.2) is 11.4 Å². The molecule has 0 radical (unpaired) electrons. The summed E-state index contributed by atoms with van der Waals surface area (Å²) in [5.41, 5.74) is 0.874. The summed E-state index contributed by atoms with van der Waals surface area (Å²) in [6.07, 6.45) is 3.37. The number of hydrogen-bond donors (Lipinski definition) is 1. The van der Waals surface area contributed by atoms with Gasteiger partial charge in [-0.05, 0) is 42.0 Å². The number of halogens is 3. The van der Waals surface area contributed by atoms with Crippen LogP contribution in [0.4, 0.5) is 19.0 Å². The Morgan fingerprint density at radius 2 is 1.70 bits per heavy atom. The van der Waals surface area contributed by atoms with Crippen LogP contribution in [-0.2, 0) is 12.7 Å². The average molecular weight is 371 g/mol. The van der Waals surface area contributed by atoms with Crippen molar-refractivity contribution in [2.75, 3.05) is 5.32 Å². The van der Waals surface area contributed by atoms with E-state index in [1.807, 2.05) is 53.7 Å². The molecule has 0 fully saturated rings. The zero-order chi connectivity index (χ0) is 18.9. The van der Waals surface area contributed by atoms with Gasteiger partial charge in [0.2, 0.25) is 0 Å². The van der Waals surface area contributed by atoms with Crippen molar-refractivity contribution in [2.24, 2.45) is 0 Å². The van der Waals surface area contributed by atoms with Crippen LogP contribution >= 0.6 is 0 Å². The maximum Gasteiger partial charge on any atom is 0.416 e. The summed E-state index contributed by atoms with van der Waals surface area (Å²) in [7, 11) is 0. The van der Waals surface area contributed by atoms with E-state index < -0.39 is 11.7 Å². The van der Waals surface area contributed by atoms with Crippen molar-refractivity contribution in [3.05, 3.63) is 84.2 Å². The lowest BCUT2D eigenvalue weighted by Gasteiger charge is -2.22. The molecule has 4 nitrogen and oxygen atoms in total. The number of nitrogens with zero attached hydrogens (tertiary/aromatic N) is 2. The number of hydrogen-bond acceptors (Lipinski definition) is 4. The SMILES string of the molecule is FC(F)(F)c1ccc(CN2C=CC(Nc3noc4ccccc34)C=C2)cc1. The molecule has 2 aromatic carbocycles. The minimum Gasteiger partial charge on any atom is -0.357 e. The minimum atomic E-state index is -4.31. The van der Waals surface area contributed by atoms with E-state index in [-0.39, 0.29) is 6.04 Å². The van der Waals surface area contributed by atoms with Gasteiger partial charge in [-0.2, -0.15) is 13.2 Å². The van der Waals surface area contributed by atoms with E-state index in [0.29, 0.717) is 17.9 Å². The van der Waals surface area contributed by atoms with Gasteiger partial charge in [0.25, 0.3) is 0 Å². The first-order chi connectivity index (χ1) is 13.0. The lowest BCUT2D eigenvalue weighted by molar-refractivity contribution is -0.137. The fourth-order valence-electron chi connectivity index (χ4n) is 2.88. The van der Waals surface area contributed by atoms with Gasteiger partial charge in [-0.1, -0.05) is 29.4 Å². The Labute approximate surface area is 153 Å². The summed E-state index contributed by atoms with van der Waals surface area (Å²) in [6, 6.07) is 12.7. The quantitative estimate of drug-likeness (QED) is 0.687. The highest BCUT2D eigenvalue weighted by molar-refractivity contribution is 5.88. The predicted molar refractivity (Wildman–Crippen MR) is 96.7 cm³/mol. The molecule has 0 atom stereocenters. The Morgan fingerprint density at radius 1 is 1.00 bits per heavy atom. The molecule has 1 aliphatic heterocycles. The Kier molecular flexibility index (Phi) is 4.35. The topological polar surface area (TPSA) is 41.3 Å². The standard InChI is InChI=1S/C20H16F3N3O/c21-20(22,23)15-7-5-14(6-8-15)13-26-11-9-16(10-12-26)24-19-17-3-1-2-4-18(17)27-25-19/h1-12,16H,13H2,(H,24,25). The van der Waals surface area contributed by atoms with Gasteiger partial charge in [0.1, 0.15) is 0 Å². The Morgan fingerprint density at radius 3 is 2.41 bits per heavy atom. The Balaban J connectivity index is 1.38. The third-order valence-corrected chi connectivity index (χ3v) is 4.30. The zero-order valence-corrected chi connectivity index (χ0v) is 14.1. The molecule has 0 saturated heterocycles. The van der Waals surface area contributed by atoms with Gasteiger partial charge in [-0.25, -0.2) is 0 Å². The molecule has 7 heteroatoms. The third-order valence-electron chi connectivity index (χ3n) is 4.30. The van der Waals surface area contributed by atoms with E-state index in [1.54, 1.807) is 0 Å². The largest absolute Gasteiger partial charge is 0.416 e. The zero-order valence-electron chi connectivity index (χ0n) is 14.1. The summed E-state index contributed by atoms with van der Waals surface area (Å²) in [6.45, 7) is 0.491. The Bertz CT molecular complexity index is 976. The number of benzene rings is 2. The summed E-state index contributed by atoms with van der Waals surface area (Å²) in [5, 5.41) is 8.24. The van der Waals surface area contributed by atoms with Crippen molar-refractivity contribution in [2.45, 2.75) is 18.8 Å². The van der Waals surface area contributed by atoms with Crippen LogP contribution in [0.3, 0.4) is 0 Å².